The Morgan fingerprint density at radius 2 is 1.25 bits per heavy atom. The van der Waals surface area contributed by atoms with Crippen LogP contribution in [0.1, 0.15) is 11.6 Å². The molecule has 3 aromatic rings. The maximum absolute atomic E-state index is 13.1. The lowest BCUT2D eigenvalue weighted by molar-refractivity contribution is -0.148. The fourth-order valence-electron chi connectivity index (χ4n) is 2.55. The number of halogens is 3. The first-order chi connectivity index (χ1) is 9.48. The molecule has 0 unspecified atom stereocenters. The molecule has 0 amide bonds. The standard InChI is InChI=1S/C16H12F3N/c17-16(18,19)15(20)14-12-7-3-1-5-10(12)9-11-6-2-4-8-13(11)14/h1-9,15H,20H2/t15-/m1/s1. The Kier molecular flexibility index (Phi) is 2.91. The maximum Gasteiger partial charge on any atom is 0.407 e. The third kappa shape index (κ3) is 2.02. The number of hydrogen-bond donors (Lipinski definition) is 1. The van der Waals surface area contributed by atoms with Gasteiger partial charge in [-0.2, -0.15) is 13.2 Å². The molecule has 0 aliphatic carbocycles. The average Bonchev–Trinajstić information content (AvgIpc) is 2.43. The summed E-state index contributed by atoms with van der Waals surface area (Å²) in [6.07, 6.45) is -4.47. The fourth-order valence-corrected chi connectivity index (χ4v) is 2.55. The zero-order chi connectivity index (χ0) is 14.3. The summed E-state index contributed by atoms with van der Waals surface area (Å²) in [4.78, 5) is 0. The van der Waals surface area contributed by atoms with Crippen molar-refractivity contribution in [1.29, 1.82) is 0 Å². The first-order valence-electron chi connectivity index (χ1n) is 6.21. The predicted molar refractivity (Wildman–Crippen MR) is 74.4 cm³/mol. The molecule has 0 aliphatic heterocycles. The van der Waals surface area contributed by atoms with E-state index in [1.165, 1.54) is 0 Å². The molecule has 0 saturated heterocycles. The van der Waals surface area contributed by atoms with Gasteiger partial charge >= 0.3 is 6.18 Å². The molecule has 0 aromatic heterocycles. The molecular weight excluding hydrogens is 263 g/mol. The monoisotopic (exact) mass is 275 g/mol. The first kappa shape index (κ1) is 12.9. The highest BCUT2D eigenvalue weighted by molar-refractivity contribution is 6.02. The van der Waals surface area contributed by atoms with E-state index in [0.717, 1.165) is 10.8 Å². The largest absolute Gasteiger partial charge is 0.407 e. The molecule has 102 valence electrons. The molecule has 2 N–H and O–H groups in total. The topological polar surface area (TPSA) is 26.0 Å². The van der Waals surface area contributed by atoms with Gasteiger partial charge in [-0.3, -0.25) is 0 Å². The SMILES string of the molecule is N[C@H](c1c2ccccc2cc2ccccc12)C(F)(F)F. The number of hydrogen-bond acceptors (Lipinski definition) is 1. The average molecular weight is 275 g/mol. The van der Waals surface area contributed by atoms with Crippen LogP contribution in [0.5, 0.6) is 0 Å². The lowest BCUT2D eigenvalue weighted by atomic mass is 9.92. The summed E-state index contributed by atoms with van der Waals surface area (Å²) < 4.78 is 39.2. The van der Waals surface area contributed by atoms with Crippen molar-refractivity contribution >= 4 is 21.5 Å². The summed E-state index contributed by atoms with van der Waals surface area (Å²) >= 11 is 0. The third-order valence-corrected chi connectivity index (χ3v) is 3.48. The maximum atomic E-state index is 13.1. The predicted octanol–water partition coefficient (Wildman–Crippen LogP) is 4.56. The van der Waals surface area contributed by atoms with E-state index in [1.54, 1.807) is 48.5 Å². The van der Waals surface area contributed by atoms with E-state index in [2.05, 4.69) is 0 Å². The second-order valence-corrected chi connectivity index (χ2v) is 4.75. The summed E-state index contributed by atoms with van der Waals surface area (Å²) in [5, 5.41) is 2.63. The lowest BCUT2D eigenvalue weighted by Gasteiger charge is -2.20. The summed E-state index contributed by atoms with van der Waals surface area (Å²) in [5.41, 5.74) is 5.62. The van der Waals surface area contributed by atoms with Crippen molar-refractivity contribution in [2.24, 2.45) is 5.73 Å². The molecule has 4 heteroatoms. The number of nitrogens with two attached hydrogens (primary N) is 1. The molecule has 0 saturated carbocycles. The number of fused-ring (bicyclic) bond motifs is 2. The van der Waals surface area contributed by atoms with Gasteiger partial charge in [0.25, 0.3) is 0 Å². The summed E-state index contributed by atoms with van der Waals surface area (Å²) in [6.45, 7) is 0. The van der Waals surface area contributed by atoms with Gasteiger partial charge in [-0.25, -0.2) is 0 Å². The molecule has 1 nitrogen and oxygen atoms in total. The van der Waals surface area contributed by atoms with Crippen LogP contribution < -0.4 is 5.73 Å². The van der Waals surface area contributed by atoms with Crippen molar-refractivity contribution in [3.05, 3.63) is 60.2 Å². The fraction of sp³-hybridized carbons (Fsp3) is 0.125. The zero-order valence-electron chi connectivity index (χ0n) is 10.5. The van der Waals surface area contributed by atoms with E-state index in [9.17, 15) is 13.2 Å². The highest BCUT2D eigenvalue weighted by Crippen LogP contribution is 2.38. The van der Waals surface area contributed by atoms with Gasteiger partial charge in [0.05, 0.1) is 0 Å². The van der Waals surface area contributed by atoms with E-state index in [-0.39, 0.29) is 5.56 Å². The molecule has 0 bridgehead atoms. The Morgan fingerprint density at radius 1 is 0.800 bits per heavy atom. The molecule has 3 rings (SSSR count). The Bertz CT molecular complexity index is 723. The summed E-state index contributed by atoms with van der Waals surface area (Å²) in [7, 11) is 0. The van der Waals surface area contributed by atoms with Crippen molar-refractivity contribution in [2.75, 3.05) is 0 Å². The van der Waals surface area contributed by atoms with Crippen LogP contribution in [-0.2, 0) is 0 Å². The quantitative estimate of drug-likeness (QED) is 0.647. The molecule has 0 spiro atoms. The van der Waals surface area contributed by atoms with E-state index in [4.69, 9.17) is 5.73 Å². The van der Waals surface area contributed by atoms with Crippen LogP contribution in [0.25, 0.3) is 21.5 Å². The molecule has 3 aromatic carbocycles. The third-order valence-electron chi connectivity index (χ3n) is 3.48. The van der Waals surface area contributed by atoms with Crippen molar-refractivity contribution in [3.63, 3.8) is 0 Å². The van der Waals surface area contributed by atoms with Crippen molar-refractivity contribution < 1.29 is 13.2 Å². The number of alkyl halides is 3. The number of rotatable bonds is 1. The summed E-state index contributed by atoms with van der Waals surface area (Å²) in [6, 6.07) is 13.9. The van der Waals surface area contributed by atoms with Crippen molar-refractivity contribution in [1.82, 2.24) is 0 Å². The van der Waals surface area contributed by atoms with Gasteiger partial charge in [0.2, 0.25) is 0 Å². The van der Waals surface area contributed by atoms with Crippen molar-refractivity contribution in [3.8, 4) is 0 Å². The normalized spacial score (nSPS) is 13.8. The van der Waals surface area contributed by atoms with Crippen LogP contribution >= 0.6 is 0 Å². The summed E-state index contributed by atoms with van der Waals surface area (Å²) in [5.74, 6) is 0. The van der Waals surface area contributed by atoms with E-state index in [1.807, 2.05) is 6.07 Å². The molecule has 0 radical (unpaired) electrons. The second kappa shape index (κ2) is 4.49. The molecule has 0 heterocycles. The van der Waals surface area contributed by atoms with Crippen LogP contribution in [0.15, 0.2) is 54.6 Å². The minimum Gasteiger partial charge on any atom is -0.316 e. The van der Waals surface area contributed by atoms with Gasteiger partial charge in [-0.15, -0.1) is 0 Å². The molecule has 20 heavy (non-hydrogen) atoms. The molecule has 0 fully saturated rings. The Morgan fingerprint density at radius 3 is 1.70 bits per heavy atom. The van der Waals surface area contributed by atoms with Crippen LogP contribution in [0.2, 0.25) is 0 Å². The molecule has 1 atom stereocenters. The minimum atomic E-state index is -4.47. The smallest absolute Gasteiger partial charge is 0.316 e. The van der Waals surface area contributed by atoms with Gasteiger partial charge in [-0.1, -0.05) is 48.5 Å². The van der Waals surface area contributed by atoms with Crippen LogP contribution in [0, 0.1) is 0 Å². The van der Waals surface area contributed by atoms with Crippen molar-refractivity contribution in [2.45, 2.75) is 12.2 Å². The van der Waals surface area contributed by atoms with Gasteiger partial charge in [-0.05, 0) is 33.2 Å². The van der Waals surface area contributed by atoms with Gasteiger partial charge in [0.15, 0.2) is 0 Å². The lowest BCUT2D eigenvalue weighted by Crippen LogP contribution is -2.28. The van der Waals surface area contributed by atoms with Gasteiger partial charge in [0.1, 0.15) is 6.04 Å². The first-order valence-corrected chi connectivity index (χ1v) is 6.21. The van der Waals surface area contributed by atoms with Crippen LogP contribution in [0.4, 0.5) is 13.2 Å². The van der Waals surface area contributed by atoms with Gasteiger partial charge < -0.3 is 5.73 Å². The highest BCUT2D eigenvalue weighted by Gasteiger charge is 2.39. The molecular formula is C16H12F3N. The number of benzene rings is 3. The van der Waals surface area contributed by atoms with Crippen LogP contribution in [0.3, 0.4) is 0 Å². The van der Waals surface area contributed by atoms with Crippen LogP contribution in [-0.4, -0.2) is 6.18 Å². The Hall–Kier alpha value is -2.07. The minimum absolute atomic E-state index is 0.145. The second-order valence-electron chi connectivity index (χ2n) is 4.75. The Labute approximate surface area is 113 Å². The zero-order valence-corrected chi connectivity index (χ0v) is 10.5. The molecule has 0 aliphatic rings. The van der Waals surface area contributed by atoms with Gasteiger partial charge in [0, 0.05) is 0 Å². The highest BCUT2D eigenvalue weighted by atomic mass is 19.4. The van der Waals surface area contributed by atoms with E-state index >= 15 is 0 Å². The van der Waals surface area contributed by atoms with E-state index in [0.29, 0.717) is 10.8 Å². The van der Waals surface area contributed by atoms with E-state index < -0.39 is 12.2 Å². The Balaban J connectivity index is 2.45.